The monoisotopic (exact) mass is 429 g/mol. The van der Waals surface area contributed by atoms with E-state index in [2.05, 4.69) is 22.3 Å². The molecule has 0 saturated carbocycles. The van der Waals surface area contributed by atoms with E-state index in [9.17, 15) is 13.2 Å². The molecule has 3 rings (SSSR count). The van der Waals surface area contributed by atoms with Crippen LogP contribution in [-0.4, -0.2) is 45.1 Å². The van der Waals surface area contributed by atoms with Crippen LogP contribution in [0.4, 0.5) is 5.69 Å². The average molecular weight is 430 g/mol. The Morgan fingerprint density at radius 2 is 1.63 bits per heavy atom. The lowest BCUT2D eigenvalue weighted by atomic mass is 10.1. The topological polar surface area (TPSA) is 69.7 Å². The number of anilines is 1. The molecule has 1 fully saturated rings. The highest BCUT2D eigenvalue weighted by Crippen LogP contribution is 2.26. The molecule has 0 unspecified atom stereocenters. The van der Waals surface area contributed by atoms with Crippen LogP contribution in [0.1, 0.15) is 35.1 Å². The van der Waals surface area contributed by atoms with Gasteiger partial charge >= 0.3 is 0 Å². The Balaban J connectivity index is 1.65. The van der Waals surface area contributed by atoms with Crippen LogP contribution in [0.15, 0.2) is 42.5 Å². The summed E-state index contributed by atoms with van der Waals surface area (Å²) in [4.78, 5) is 15.0. The van der Waals surface area contributed by atoms with Gasteiger partial charge in [-0.1, -0.05) is 42.5 Å². The number of sulfonamides is 1. The first kappa shape index (κ1) is 22.3. The molecular weight excluding hydrogens is 398 g/mol. The number of likely N-dealkylation sites (tertiary alicyclic amines) is 1. The Morgan fingerprint density at radius 3 is 2.27 bits per heavy atom. The zero-order valence-corrected chi connectivity index (χ0v) is 18.8. The van der Waals surface area contributed by atoms with Gasteiger partial charge < -0.3 is 5.32 Å². The minimum absolute atomic E-state index is 0.238. The van der Waals surface area contributed by atoms with Crippen molar-refractivity contribution in [2.75, 3.05) is 30.2 Å². The quantitative estimate of drug-likeness (QED) is 0.700. The third kappa shape index (κ3) is 5.83. The molecule has 2 aromatic rings. The van der Waals surface area contributed by atoms with Crippen molar-refractivity contribution in [3.05, 3.63) is 64.7 Å². The van der Waals surface area contributed by atoms with Crippen LogP contribution in [0, 0.1) is 13.8 Å². The highest BCUT2D eigenvalue weighted by Gasteiger charge is 2.23. The molecule has 1 amide bonds. The molecule has 0 spiro atoms. The fraction of sp³-hybridized carbons (Fsp3) is 0.435. The fourth-order valence-electron chi connectivity index (χ4n) is 3.99. The maximum atomic E-state index is 12.6. The summed E-state index contributed by atoms with van der Waals surface area (Å²) in [6.45, 7) is 7.04. The van der Waals surface area contributed by atoms with E-state index in [0.29, 0.717) is 12.2 Å². The minimum atomic E-state index is -3.59. The molecule has 0 bridgehead atoms. The first-order chi connectivity index (χ1) is 14.2. The Bertz CT molecular complexity index is 978. The van der Waals surface area contributed by atoms with E-state index in [1.807, 2.05) is 44.2 Å². The van der Waals surface area contributed by atoms with Gasteiger partial charge in [0.15, 0.2) is 0 Å². The number of aryl methyl sites for hydroxylation is 2. The van der Waals surface area contributed by atoms with Crippen LogP contribution in [0.3, 0.4) is 0 Å². The molecule has 0 aromatic heterocycles. The summed E-state index contributed by atoms with van der Waals surface area (Å²) in [5.74, 6) is -0.326. The lowest BCUT2D eigenvalue weighted by Crippen LogP contribution is -2.40. The molecule has 0 aliphatic carbocycles. The Morgan fingerprint density at radius 1 is 1.03 bits per heavy atom. The van der Waals surface area contributed by atoms with Crippen LogP contribution in [0.25, 0.3) is 0 Å². The van der Waals surface area contributed by atoms with E-state index in [0.717, 1.165) is 42.6 Å². The molecule has 1 saturated heterocycles. The van der Waals surface area contributed by atoms with Gasteiger partial charge in [0.2, 0.25) is 15.9 Å². The first-order valence-corrected chi connectivity index (χ1v) is 12.2. The van der Waals surface area contributed by atoms with Gasteiger partial charge in [0.05, 0.1) is 11.9 Å². The third-order valence-corrected chi connectivity index (χ3v) is 6.57. The first-order valence-electron chi connectivity index (χ1n) is 10.3. The number of nitrogens with zero attached hydrogens (tertiary/aromatic N) is 2. The van der Waals surface area contributed by atoms with Crippen molar-refractivity contribution in [2.24, 2.45) is 0 Å². The van der Waals surface area contributed by atoms with E-state index >= 15 is 0 Å². The Hall–Kier alpha value is -2.38. The normalized spacial score (nSPS) is 14.6. The number of carbonyl (C=O) groups excluding carboxylic acids is 1. The van der Waals surface area contributed by atoms with Crippen molar-refractivity contribution >= 4 is 21.6 Å². The molecule has 6 nitrogen and oxygen atoms in total. The predicted octanol–water partition coefficient (Wildman–Crippen LogP) is 2.98. The zero-order chi connectivity index (χ0) is 21.7. The van der Waals surface area contributed by atoms with Crippen LogP contribution in [-0.2, 0) is 27.9 Å². The summed E-state index contributed by atoms with van der Waals surface area (Å²) in [5, 5.41) is 2.87. The van der Waals surface area contributed by atoms with E-state index < -0.39 is 10.0 Å². The van der Waals surface area contributed by atoms with Gasteiger partial charge in [0.25, 0.3) is 0 Å². The van der Waals surface area contributed by atoms with E-state index in [1.54, 1.807) is 0 Å². The van der Waals surface area contributed by atoms with Crippen LogP contribution in [0.2, 0.25) is 0 Å². The third-order valence-electron chi connectivity index (χ3n) is 5.46. The largest absolute Gasteiger partial charge is 0.350 e. The highest BCUT2D eigenvalue weighted by atomic mass is 32.2. The van der Waals surface area contributed by atoms with Crippen LogP contribution < -0.4 is 9.62 Å². The number of hydrogen-bond acceptors (Lipinski definition) is 4. The zero-order valence-electron chi connectivity index (χ0n) is 18.0. The Labute approximate surface area is 179 Å². The second kappa shape index (κ2) is 9.62. The highest BCUT2D eigenvalue weighted by molar-refractivity contribution is 7.92. The maximum Gasteiger partial charge on any atom is 0.241 e. The van der Waals surface area contributed by atoms with Gasteiger partial charge in [-0.25, -0.2) is 8.42 Å². The summed E-state index contributed by atoms with van der Waals surface area (Å²) in [7, 11) is -3.59. The standard InChI is InChI=1S/C23H31N3O3S/c1-18-8-6-9-19(2)23(18)26(30(3,28)29)17-22(27)24-15-20-10-7-11-21(14-20)16-25-12-4-5-13-25/h6-11,14H,4-5,12-13,15-17H2,1-3H3,(H,24,27). The molecule has 1 N–H and O–H groups in total. The van der Waals surface area contributed by atoms with Crippen molar-refractivity contribution in [1.29, 1.82) is 0 Å². The Kier molecular flexibility index (Phi) is 7.15. The van der Waals surface area contributed by atoms with Gasteiger partial charge in [0, 0.05) is 13.1 Å². The van der Waals surface area contributed by atoms with Gasteiger partial charge in [-0.3, -0.25) is 14.0 Å². The number of rotatable bonds is 8. The van der Waals surface area contributed by atoms with Gasteiger partial charge in [-0.2, -0.15) is 0 Å². The van der Waals surface area contributed by atoms with Gasteiger partial charge in [0.1, 0.15) is 6.54 Å². The van der Waals surface area contributed by atoms with Gasteiger partial charge in [-0.05, 0) is 62.0 Å². The summed E-state index contributed by atoms with van der Waals surface area (Å²) in [6.07, 6.45) is 3.65. The molecular formula is C23H31N3O3S. The minimum Gasteiger partial charge on any atom is -0.350 e. The number of amides is 1. The van der Waals surface area contributed by atoms with Crippen molar-refractivity contribution < 1.29 is 13.2 Å². The SMILES string of the molecule is Cc1cccc(C)c1N(CC(=O)NCc1cccc(CN2CCCC2)c1)S(C)(=O)=O. The van der Waals surface area contributed by atoms with Gasteiger partial charge in [-0.15, -0.1) is 0 Å². The van der Waals surface area contributed by atoms with Crippen LogP contribution in [0.5, 0.6) is 0 Å². The molecule has 1 aliphatic rings. The molecule has 7 heteroatoms. The summed E-state index contributed by atoms with van der Waals surface area (Å²) in [6, 6.07) is 13.8. The summed E-state index contributed by atoms with van der Waals surface area (Å²) in [5.41, 5.74) is 4.46. The molecule has 0 atom stereocenters. The van der Waals surface area contributed by atoms with Crippen molar-refractivity contribution in [3.8, 4) is 0 Å². The lowest BCUT2D eigenvalue weighted by Gasteiger charge is -2.25. The van der Waals surface area contributed by atoms with E-state index in [1.165, 1.54) is 22.7 Å². The van der Waals surface area contributed by atoms with E-state index in [4.69, 9.17) is 0 Å². The number of nitrogens with one attached hydrogen (secondary N) is 1. The fourth-order valence-corrected chi connectivity index (χ4v) is 4.96. The number of hydrogen-bond donors (Lipinski definition) is 1. The van der Waals surface area contributed by atoms with Crippen molar-refractivity contribution in [3.63, 3.8) is 0 Å². The molecule has 162 valence electrons. The summed E-state index contributed by atoms with van der Waals surface area (Å²) < 4.78 is 26.0. The number of para-hydroxylation sites is 1. The average Bonchev–Trinajstić information content (AvgIpc) is 3.18. The second-order valence-corrected chi connectivity index (χ2v) is 10.00. The number of benzene rings is 2. The van der Waals surface area contributed by atoms with Crippen molar-refractivity contribution in [1.82, 2.24) is 10.2 Å². The maximum absolute atomic E-state index is 12.6. The molecule has 1 aliphatic heterocycles. The summed E-state index contributed by atoms with van der Waals surface area (Å²) >= 11 is 0. The van der Waals surface area contributed by atoms with Crippen molar-refractivity contribution in [2.45, 2.75) is 39.8 Å². The van der Waals surface area contributed by atoms with Crippen LogP contribution >= 0.6 is 0 Å². The second-order valence-electron chi connectivity index (χ2n) is 8.09. The molecule has 1 heterocycles. The molecule has 0 radical (unpaired) electrons. The number of carbonyl (C=O) groups is 1. The molecule has 30 heavy (non-hydrogen) atoms. The predicted molar refractivity (Wildman–Crippen MR) is 121 cm³/mol. The van der Waals surface area contributed by atoms with E-state index in [-0.39, 0.29) is 12.5 Å². The molecule has 2 aromatic carbocycles. The lowest BCUT2D eigenvalue weighted by molar-refractivity contribution is -0.119. The smallest absolute Gasteiger partial charge is 0.241 e.